The zero-order valence-electron chi connectivity index (χ0n) is 10.6. The molecule has 0 spiro atoms. The second-order valence-electron chi connectivity index (χ2n) is 4.05. The standard InChI is InChI=1S/C12H15N5O2/c1-17-8-9(7-16-17)3-2-6-19-12(18)10-11(13)15-5-4-14-10/h4-5,7-8H,2-3,6H2,1H3,(H2,13,15). The summed E-state index contributed by atoms with van der Waals surface area (Å²) >= 11 is 0. The molecular formula is C12H15N5O2. The number of hydrogen-bond donors (Lipinski definition) is 1. The molecule has 7 heteroatoms. The van der Waals surface area contributed by atoms with Gasteiger partial charge in [-0.25, -0.2) is 14.8 Å². The van der Waals surface area contributed by atoms with E-state index in [2.05, 4.69) is 15.1 Å². The molecule has 2 aromatic heterocycles. The Labute approximate surface area is 110 Å². The second kappa shape index (κ2) is 5.94. The molecule has 2 rings (SSSR count). The van der Waals surface area contributed by atoms with Crippen molar-refractivity contribution in [2.75, 3.05) is 12.3 Å². The zero-order valence-corrected chi connectivity index (χ0v) is 10.6. The highest BCUT2D eigenvalue weighted by Gasteiger charge is 2.13. The van der Waals surface area contributed by atoms with Crippen molar-refractivity contribution in [3.63, 3.8) is 0 Å². The fourth-order valence-electron chi connectivity index (χ4n) is 1.62. The Kier molecular flexibility index (Phi) is 4.07. The maximum atomic E-state index is 11.7. The van der Waals surface area contributed by atoms with Gasteiger partial charge in [0, 0.05) is 25.6 Å². The highest BCUT2D eigenvalue weighted by Crippen LogP contribution is 2.06. The van der Waals surface area contributed by atoms with E-state index in [1.54, 1.807) is 10.9 Å². The minimum atomic E-state index is -0.545. The minimum absolute atomic E-state index is 0.0591. The van der Waals surface area contributed by atoms with Crippen LogP contribution in [0.3, 0.4) is 0 Å². The Hall–Kier alpha value is -2.44. The van der Waals surface area contributed by atoms with E-state index >= 15 is 0 Å². The van der Waals surface area contributed by atoms with Crippen molar-refractivity contribution in [3.05, 3.63) is 36.0 Å². The van der Waals surface area contributed by atoms with Gasteiger partial charge in [-0.05, 0) is 18.4 Å². The van der Waals surface area contributed by atoms with Gasteiger partial charge in [0.25, 0.3) is 0 Å². The van der Waals surface area contributed by atoms with Gasteiger partial charge in [0.1, 0.15) is 0 Å². The molecule has 0 atom stereocenters. The second-order valence-corrected chi connectivity index (χ2v) is 4.05. The van der Waals surface area contributed by atoms with E-state index in [1.165, 1.54) is 12.4 Å². The summed E-state index contributed by atoms with van der Waals surface area (Å²) in [4.78, 5) is 19.3. The lowest BCUT2D eigenvalue weighted by Crippen LogP contribution is -2.12. The highest BCUT2D eigenvalue weighted by atomic mass is 16.5. The molecule has 2 heterocycles. The lowest BCUT2D eigenvalue weighted by molar-refractivity contribution is 0.0494. The molecule has 7 nitrogen and oxygen atoms in total. The summed E-state index contributed by atoms with van der Waals surface area (Å²) in [7, 11) is 1.86. The van der Waals surface area contributed by atoms with Crippen LogP contribution < -0.4 is 5.73 Å². The normalized spacial score (nSPS) is 10.4. The van der Waals surface area contributed by atoms with Crippen LogP contribution in [0.4, 0.5) is 5.82 Å². The molecule has 0 fully saturated rings. The maximum absolute atomic E-state index is 11.7. The van der Waals surface area contributed by atoms with Crippen molar-refractivity contribution >= 4 is 11.8 Å². The van der Waals surface area contributed by atoms with Crippen LogP contribution >= 0.6 is 0 Å². The topological polar surface area (TPSA) is 95.9 Å². The van der Waals surface area contributed by atoms with Gasteiger partial charge in [-0.1, -0.05) is 0 Å². The average molecular weight is 261 g/mol. The van der Waals surface area contributed by atoms with Crippen molar-refractivity contribution in [2.24, 2.45) is 7.05 Å². The van der Waals surface area contributed by atoms with Gasteiger partial charge in [0.15, 0.2) is 11.5 Å². The number of nitrogen functional groups attached to an aromatic ring is 1. The number of nitrogens with zero attached hydrogens (tertiary/aromatic N) is 4. The molecule has 0 aliphatic rings. The van der Waals surface area contributed by atoms with Crippen LogP contribution in [0.1, 0.15) is 22.5 Å². The average Bonchev–Trinajstić information content (AvgIpc) is 2.81. The third kappa shape index (κ3) is 3.51. The van der Waals surface area contributed by atoms with E-state index in [-0.39, 0.29) is 11.5 Å². The fourth-order valence-corrected chi connectivity index (χ4v) is 1.62. The van der Waals surface area contributed by atoms with Crippen LogP contribution in [0, 0.1) is 0 Å². The summed E-state index contributed by atoms with van der Waals surface area (Å²) < 4.78 is 6.83. The molecule has 19 heavy (non-hydrogen) atoms. The Balaban J connectivity index is 1.77. The third-order valence-corrected chi connectivity index (χ3v) is 2.52. The monoisotopic (exact) mass is 261 g/mol. The highest BCUT2D eigenvalue weighted by molar-refractivity contribution is 5.91. The molecule has 0 amide bonds. The minimum Gasteiger partial charge on any atom is -0.461 e. The van der Waals surface area contributed by atoms with Gasteiger partial charge in [0.05, 0.1) is 12.8 Å². The number of carbonyl (C=O) groups is 1. The van der Waals surface area contributed by atoms with E-state index in [9.17, 15) is 4.79 Å². The first-order chi connectivity index (χ1) is 9.16. The van der Waals surface area contributed by atoms with E-state index in [1.807, 2.05) is 13.2 Å². The van der Waals surface area contributed by atoms with Crippen LogP contribution in [0.5, 0.6) is 0 Å². The van der Waals surface area contributed by atoms with Gasteiger partial charge in [-0.15, -0.1) is 0 Å². The summed E-state index contributed by atoms with van der Waals surface area (Å²) in [6.07, 6.45) is 8.08. The largest absolute Gasteiger partial charge is 0.461 e. The van der Waals surface area contributed by atoms with Crippen molar-refractivity contribution in [1.29, 1.82) is 0 Å². The predicted molar refractivity (Wildman–Crippen MR) is 68.3 cm³/mol. The van der Waals surface area contributed by atoms with Crippen LogP contribution in [0.25, 0.3) is 0 Å². The van der Waals surface area contributed by atoms with Gasteiger partial charge in [0.2, 0.25) is 0 Å². The summed E-state index contributed by atoms with van der Waals surface area (Å²) in [5.74, 6) is -0.462. The number of nitrogens with two attached hydrogens (primary N) is 1. The molecule has 0 unspecified atom stereocenters. The molecule has 0 bridgehead atoms. The summed E-state index contributed by atoms with van der Waals surface area (Å²) in [5, 5.41) is 4.06. The summed E-state index contributed by atoms with van der Waals surface area (Å²) in [6.45, 7) is 0.309. The lowest BCUT2D eigenvalue weighted by atomic mass is 10.2. The number of ether oxygens (including phenoxy) is 1. The maximum Gasteiger partial charge on any atom is 0.360 e. The molecular weight excluding hydrogens is 246 g/mol. The molecule has 0 saturated heterocycles. The van der Waals surface area contributed by atoms with E-state index in [0.717, 1.165) is 18.4 Å². The number of esters is 1. The Morgan fingerprint density at radius 2 is 2.21 bits per heavy atom. The smallest absolute Gasteiger partial charge is 0.360 e. The van der Waals surface area contributed by atoms with E-state index in [4.69, 9.17) is 10.5 Å². The van der Waals surface area contributed by atoms with E-state index < -0.39 is 5.97 Å². The fraction of sp³-hybridized carbons (Fsp3) is 0.333. The van der Waals surface area contributed by atoms with Crippen LogP contribution in [0.2, 0.25) is 0 Å². The molecule has 2 aromatic rings. The quantitative estimate of drug-likeness (QED) is 0.624. The van der Waals surface area contributed by atoms with Crippen molar-refractivity contribution in [1.82, 2.24) is 19.7 Å². The zero-order chi connectivity index (χ0) is 13.7. The van der Waals surface area contributed by atoms with Crippen LogP contribution in [0.15, 0.2) is 24.8 Å². The van der Waals surface area contributed by atoms with E-state index in [0.29, 0.717) is 6.61 Å². The molecule has 0 radical (unpaired) electrons. The SMILES string of the molecule is Cn1cc(CCCOC(=O)c2nccnc2N)cn1. The number of rotatable bonds is 5. The molecule has 100 valence electrons. The first-order valence-electron chi connectivity index (χ1n) is 5.88. The number of hydrogen-bond acceptors (Lipinski definition) is 6. The van der Waals surface area contributed by atoms with Gasteiger partial charge in [-0.3, -0.25) is 4.68 Å². The number of aromatic nitrogens is 4. The first-order valence-corrected chi connectivity index (χ1v) is 5.88. The Morgan fingerprint density at radius 3 is 2.89 bits per heavy atom. The molecule has 0 saturated carbocycles. The van der Waals surface area contributed by atoms with Crippen molar-refractivity contribution < 1.29 is 9.53 Å². The number of anilines is 1. The van der Waals surface area contributed by atoms with Gasteiger partial charge >= 0.3 is 5.97 Å². The summed E-state index contributed by atoms with van der Waals surface area (Å²) in [6, 6.07) is 0. The number of carbonyl (C=O) groups excluding carboxylic acids is 1. The molecule has 0 aliphatic carbocycles. The Morgan fingerprint density at radius 1 is 1.42 bits per heavy atom. The molecule has 0 aliphatic heterocycles. The van der Waals surface area contributed by atoms with Gasteiger partial charge < -0.3 is 10.5 Å². The Bertz CT molecular complexity index is 567. The molecule has 0 aromatic carbocycles. The van der Waals surface area contributed by atoms with Gasteiger partial charge in [-0.2, -0.15) is 5.10 Å². The predicted octanol–water partition coefficient (Wildman–Crippen LogP) is 0.582. The third-order valence-electron chi connectivity index (χ3n) is 2.52. The number of aryl methyl sites for hydroxylation is 2. The van der Waals surface area contributed by atoms with Crippen LogP contribution in [-0.4, -0.2) is 32.3 Å². The lowest BCUT2D eigenvalue weighted by Gasteiger charge is -2.04. The van der Waals surface area contributed by atoms with Crippen LogP contribution in [-0.2, 0) is 18.2 Å². The first kappa shape index (κ1) is 13.0. The van der Waals surface area contributed by atoms with Crippen molar-refractivity contribution in [2.45, 2.75) is 12.8 Å². The van der Waals surface area contributed by atoms with Crippen molar-refractivity contribution in [3.8, 4) is 0 Å². The summed E-state index contributed by atoms with van der Waals surface area (Å²) in [5.41, 5.74) is 6.70. The molecule has 2 N–H and O–H groups in total.